The van der Waals surface area contributed by atoms with E-state index < -0.39 is 47.5 Å². The van der Waals surface area contributed by atoms with E-state index in [2.05, 4.69) is 217 Å². The molecule has 0 N–H and O–H groups in total. The molecule has 0 bridgehead atoms. The highest BCUT2D eigenvalue weighted by Crippen LogP contribution is 2.61. The third kappa shape index (κ3) is 11.2. The van der Waals surface area contributed by atoms with E-state index in [0.29, 0.717) is 19.6 Å². The maximum absolute atomic E-state index is 15.2. The molecule has 2 saturated carbocycles. The van der Waals surface area contributed by atoms with E-state index in [1.165, 1.54) is 20.7 Å². The van der Waals surface area contributed by atoms with Crippen molar-refractivity contribution in [2.45, 2.75) is 175 Å². The number of ketones is 1. The Morgan fingerprint density at radius 2 is 1.12 bits per heavy atom. The molecular formula is C63H90O7Si3. The van der Waals surface area contributed by atoms with E-state index in [9.17, 15) is 4.79 Å². The summed E-state index contributed by atoms with van der Waals surface area (Å²) < 4.78 is 36.4. The van der Waals surface area contributed by atoms with Crippen molar-refractivity contribution in [1.82, 2.24) is 0 Å². The molecule has 73 heavy (non-hydrogen) atoms. The Hall–Kier alpha value is -3.75. The molecule has 7 rings (SSSR count). The van der Waals surface area contributed by atoms with Crippen molar-refractivity contribution in [2.75, 3.05) is 19.8 Å². The number of allylic oxidation sites excluding steroid dienone is 1. The van der Waals surface area contributed by atoms with Crippen molar-refractivity contribution in [2.24, 2.45) is 28.6 Å². The Labute approximate surface area is 444 Å². The minimum absolute atomic E-state index is 0.0271. The summed E-state index contributed by atoms with van der Waals surface area (Å²) >= 11 is 0. The molecule has 396 valence electrons. The summed E-state index contributed by atoms with van der Waals surface area (Å²) in [5.74, 6) is -0.241. The molecule has 0 radical (unpaired) electrons. The zero-order valence-electron chi connectivity index (χ0n) is 47.5. The van der Waals surface area contributed by atoms with Gasteiger partial charge in [0.25, 0.3) is 16.6 Å². The fraction of sp³-hybridized carbons (Fsp3) is 0.556. The average molecular weight is 1040 g/mol. The average Bonchev–Trinajstić information content (AvgIpc) is 3.91. The number of carbonyl (C=O) groups excluding carboxylic acids is 2. The fourth-order valence-electron chi connectivity index (χ4n) is 12.6. The molecule has 7 atom stereocenters. The minimum Gasteiger partial charge on any atom is -0.465 e. The van der Waals surface area contributed by atoms with Gasteiger partial charge < -0.3 is 22.8 Å². The number of rotatable bonds is 16. The molecule has 7 nitrogen and oxygen atoms in total. The highest BCUT2D eigenvalue weighted by atomic mass is 28.4. The molecule has 0 amide bonds. The van der Waals surface area contributed by atoms with Crippen LogP contribution in [-0.2, 0) is 32.3 Å². The van der Waals surface area contributed by atoms with Crippen LogP contribution in [0.15, 0.2) is 133 Å². The van der Waals surface area contributed by atoms with Crippen LogP contribution in [0.4, 0.5) is 0 Å². The van der Waals surface area contributed by atoms with Gasteiger partial charge in [0, 0.05) is 24.9 Å². The van der Waals surface area contributed by atoms with Gasteiger partial charge in [-0.25, -0.2) is 0 Å². The quantitative estimate of drug-likeness (QED) is 0.0628. The zero-order chi connectivity index (χ0) is 53.5. The van der Waals surface area contributed by atoms with Crippen LogP contribution < -0.4 is 20.7 Å². The number of hydrogen-bond acceptors (Lipinski definition) is 7. The third-order valence-corrected chi connectivity index (χ3v) is 32.2. The largest absolute Gasteiger partial charge is 0.465 e. The van der Waals surface area contributed by atoms with Crippen LogP contribution in [0.1, 0.15) is 129 Å². The Balaban J connectivity index is 1.29. The Kier molecular flexibility index (Phi) is 16.7. The van der Waals surface area contributed by atoms with Gasteiger partial charge in [-0.15, -0.1) is 0 Å². The van der Waals surface area contributed by atoms with Crippen LogP contribution in [-0.4, -0.2) is 74.3 Å². The predicted molar refractivity (Wildman–Crippen MR) is 308 cm³/mol. The summed E-state index contributed by atoms with van der Waals surface area (Å²) in [5, 5.41) is 4.41. The summed E-state index contributed by atoms with van der Waals surface area (Å²) in [6.45, 7) is 36.9. The molecule has 10 heteroatoms. The molecule has 3 fully saturated rings. The van der Waals surface area contributed by atoms with E-state index in [0.717, 1.165) is 24.8 Å². The lowest BCUT2D eigenvalue weighted by atomic mass is 9.68. The van der Waals surface area contributed by atoms with E-state index in [1.807, 2.05) is 20.8 Å². The standard InChI is InChI=1S/C63H90O7Si3/c1-46-41-47(44-68-72(60(8,9)10,48-29-21-17-22-30-48)49-31-23-18-24-32-49)69-63(46)39-38-62(14,56(63)37-40-66-57(65)58(2,3)4)43-52-53(45-67-71(15,16)59(5,6)7)55(42-54(52)64)70-73(61(11,12)13,50-33-25-19-26-34-50)51-35-27-20-28-36-51/h17-36,43,46-47,53,55-56H,37-42,44-45H2,1-16H3/b52-43+/t46-,47+,53+,55-,56+,62+,63-/m0/s1. The van der Waals surface area contributed by atoms with Crippen molar-refractivity contribution >= 4 is 57.5 Å². The molecule has 1 saturated heterocycles. The van der Waals surface area contributed by atoms with Crippen molar-refractivity contribution in [3.8, 4) is 0 Å². The van der Waals surface area contributed by atoms with Crippen molar-refractivity contribution in [3.63, 3.8) is 0 Å². The van der Waals surface area contributed by atoms with Crippen LogP contribution in [0, 0.1) is 28.6 Å². The summed E-state index contributed by atoms with van der Waals surface area (Å²) in [7, 11) is -8.19. The number of Topliss-reactive ketones (excluding diaryl/α,β-unsaturated/α-hetero) is 1. The summed E-state index contributed by atoms with van der Waals surface area (Å²) in [6, 6.07) is 43.2. The number of carbonyl (C=O) groups is 2. The van der Waals surface area contributed by atoms with Crippen LogP contribution in [0.2, 0.25) is 28.2 Å². The highest BCUT2D eigenvalue weighted by molar-refractivity contribution is 7.00. The lowest BCUT2D eigenvalue weighted by Gasteiger charge is -2.46. The monoisotopic (exact) mass is 1040 g/mol. The number of esters is 1. The number of hydrogen-bond donors (Lipinski definition) is 0. The zero-order valence-corrected chi connectivity index (χ0v) is 50.5. The second-order valence-electron chi connectivity index (χ2n) is 26.8. The van der Waals surface area contributed by atoms with Gasteiger partial charge in [-0.1, -0.05) is 204 Å². The van der Waals surface area contributed by atoms with Crippen LogP contribution in [0.25, 0.3) is 0 Å². The van der Waals surface area contributed by atoms with E-state index in [-0.39, 0.29) is 63.8 Å². The van der Waals surface area contributed by atoms with E-state index in [1.54, 1.807) is 0 Å². The van der Waals surface area contributed by atoms with Gasteiger partial charge in [0.05, 0.1) is 36.4 Å². The van der Waals surface area contributed by atoms with Gasteiger partial charge in [-0.05, 0) is 112 Å². The second-order valence-corrected chi connectivity index (χ2v) is 40.1. The molecule has 0 unspecified atom stereocenters. The smallest absolute Gasteiger partial charge is 0.311 e. The maximum Gasteiger partial charge on any atom is 0.311 e. The normalized spacial score (nSPS) is 26.0. The van der Waals surface area contributed by atoms with Gasteiger partial charge in [0.15, 0.2) is 14.1 Å². The third-order valence-electron chi connectivity index (χ3n) is 17.6. The molecule has 4 aromatic carbocycles. The first-order valence-electron chi connectivity index (χ1n) is 27.3. The predicted octanol–water partition coefficient (Wildman–Crippen LogP) is 12.6. The van der Waals surface area contributed by atoms with Gasteiger partial charge in [-0.2, -0.15) is 0 Å². The Morgan fingerprint density at radius 1 is 0.658 bits per heavy atom. The maximum atomic E-state index is 15.2. The van der Waals surface area contributed by atoms with E-state index >= 15 is 4.79 Å². The van der Waals surface area contributed by atoms with Crippen molar-refractivity contribution in [1.29, 1.82) is 0 Å². The highest BCUT2D eigenvalue weighted by Gasteiger charge is 2.62. The topological polar surface area (TPSA) is 80.3 Å². The summed E-state index contributed by atoms with van der Waals surface area (Å²) in [6.07, 6.45) is 5.19. The molecule has 4 aromatic rings. The van der Waals surface area contributed by atoms with Crippen LogP contribution in [0.5, 0.6) is 0 Å². The fourth-order valence-corrected chi connectivity index (χ4v) is 23.0. The number of ether oxygens (including phenoxy) is 2. The van der Waals surface area contributed by atoms with Gasteiger partial charge >= 0.3 is 5.97 Å². The molecule has 3 aliphatic rings. The van der Waals surface area contributed by atoms with Gasteiger partial charge in [0.1, 0.15) is 0 Å². The molecule has 1 heterocycles. The SMILES string of the molecule is C[C@H]1C[C@H](CO[Si](c2ccccc2)(c2ccccc2)C(C)(C)C)O[C@@]12CC[C@](C)(/C=C1/C(=O)C[C@H](O[Si](c3ccccc3)(c3ccccc3)C(C)(C)C)[C@@H]1CO[Si](C)(C)C(C)(C)C)[C@H]2CCOC(=O)C(C)(C)C. The summed E-state index contributed by atoms with van der Waals surface area (Å²) in [4.78, 5) is 28.6. The number of benzene rings is 4. The van der Waals surface area contributed by atoms with Crippen LogP contribution >= 0.6 is 0 Å². The molecular weight excluding hydrogens is 953 g/mol. The molecule has 2 aliphatic carbocycles. The molecule has 1 aliphatic heterocycles. The first-order valence-corrected chi connectivity index (χ1v) is 34.0. The second kappa shape index (κ2) is 21.3. The lowest BCUT2D eigenvalue weighted by Crippen LogP contribution is -2.68. The first kappa shape index (κ1) is 57.0. The Morgan fingerprint density at radius 3 is 1.56 bits per heavy atom. The minimum atomic E-state index is -3.07. The van der Waals surface area contributed by atoms with Crippen LogP contribution in [0.3, 0.4) is 0 Å². The van der Waals surface area contributed by atoms with Gasteiger partial charge in [0.2, 0.25) is 0 Å². The lowest BCUT2D eigenvalue weighted by molar-refractivity contribution is -0.155. The Bertz CT molecular complexity index is 2440. The van der Waals surface area contributed by atoms with Gasteiger partial charge in [-0.3, -0.25) is 9.59 Å². The molecule has 0 aromatic heterocycles. The van der Waals surface area contributed by atoms with Crippen molar-refractivity contribution in [3.05, 3.63) is 133 Å². The van der Waals surface area contributed by atoms with E-state index in [4.69, 9.17) is 22.8 Å². The molecule has 1 spiro atoms. The van der Waals surface area contributed by atoms with Crippen molar-refractivity contribution < 1.29 is 32.3 Å². The summed E-state index contributed by atoms with van der Waals surface area (Å²) in [5.41, 5.74) is -0.815. The first-order chi connectivity index (χ1) is 34.0.